The van der Waals surface area contributed by atoms with Crippen LogP contribution in [0.3, 0.4) is 0 Å². The van der Waals surface area contributed by atoms with Crippen LogP contribution in [0.25, 0.3) is 0 Å². The molecule has 0 saturated carbocycles. The summed E-state index contributed by atoms with van der Waals surface area (Å²) in [5.41, 5.74) is 6.54. The number of aryl methyl sites for hydroxylation is 1. The topological polar surface area (TPSA) is 74.2 Å². The number of halogens is 1. The van der Waals surface area contributed by atoms with Crippen LogP contribution >= 0.6 is 0 Å². The van der Waals surface area contributed by atoms with Gasteiger partial charge in [0.05, 0.1) is 0 Å². The molecule has 1 aromatic carbocycles. The molecule has 1 aromatic heterocycles. The second-order valence-electron chi connectivity index (χ2n) is 5.09. The van der Waals surface area contributed by atoms with Gasteiger partial charge in [-0.15, -0.1) is 0 Å². The number of nitrogens with two attached hydrogens (primary N) is 1. The highest BCUT2D eigenvalue weighted by Crippen LogP contribution is 2.20. The van der Waals surface area contributed by atoms with Crippen molar-refractivity contribution < 1.29 is 13.7 Å². The molecule has 5 nitrogen and oxygen atoms in total. The summed E-state index contributed by atoms with van der Waals surface area (Å²) in [6, 6.07) is 4.84. The summed E-state index contributed by atoms with van der Waals surface area (Å²) in [5.74, 6) is 0.747. The van der Waals surface area contributed by atoms with Crippen molar-refractivity contribution in [2.75, 3.05) is 0 Å². The zero-order valence-corrected chi connectivity index (χ0v) is 12.3. The van der Waals surface area contributed by atoms with E-state index in [1.807, 2.05) is 13.8 Å². The number of benzene rings is 1. The monoisotopic (exact) mass is 293 g/mol. The standard InChI is InChI=1S/C15H20FN3O2/c1-3-4-15-18-14(19-21-15)9-20-13-6-5-11(7-10(2)17)8-12(13)16/h5-6,8,10H,3-4,7,9,17H2,1-2H3. The van der Waals surface area contributed by atoms with E-state index in [1.54, 1.807) is 12.1 Å². The number of nitrogens with zero attached hydrogens (tertiary/aromatic N) is 2. The molecule has 0 amide bonds. The molecule has 0 saturated heterocycles. The summed E-state index contributed by atoms with van der Waals surface area (Å²) < 4.78 is 24.3. The summed E-state index contributed by atoms with van der Waals surface area (Å²) in [4.78, 5) is 4.16. The maximum atomic E-state index is 13.9. The predicted molar refractivity (Wildman–Crippen MR) is 76.4 cm³/mol. The van der Waals surface area contributed by atoms with Crippen LogP contribution in [-0.4, -0.2) is 16.2 Å². The fourth-order valence-electron chi connectivity index (χ4n) is 1.97. The minimum Gasteiger partial charge on any atom is -0.482 e. The lowest BCUT2D eigenvalue weighted by molar-refractivity contribution is 0.272. The first-order valence-corrected chi connectivity index (χ1v) is 7.06. The molecule has 0 bridgehead atoms. The molecule has 114 valence electrons. The molecule has 2 aromatic rings. The second kappa shape index (κ2) is 7.17. The van der Waals surface area contributed by atoms with Crippen LogP contribution in [0, 0.1) is 5.82 Å². The first-order valence-electron chi connectivity index (χ1n) is 7.06. The molecule has 1 heterocycles. The number of ether oxygens (including phenoxy) is 1. The van der Waals surface area contributed by atoms with Crippen molar-refractivity contribution in [2.24, 2.45) is 5.73 Å². The number of hydrogen-bond acceptors (Lipinski definition) is 5. The van der Waals surface area contributed by atoms with E-state index in [1.165, 1.54) is 6.07 Å². The van der Waals surface area contributed by atoms with Crippen molar-refractivity contribution in [3.05, 3.63) is 41.3 Å². The van der Waals surface area contributed by atoms with Gasteiger partial charge in [0.25, 0.3) is 0 Å². The molecule has 1 unspecified atom stereocenters. The minimum atomic E-state index is -0.412. The van der Waals surface area contributed by atoms with Gasteiger partial charge in [-0.1, -0.05) is 18.1 Å². The van der Waals surface area contributed by atoms with Crippen molar-refractivity contribution in [1.29, 1.82) is 0 Å². The fraction of sp³-hybridized carbons (Fsp3) is 0.467. The van der Waals surface area contributed by atoms with Gasteiger partial charge in [-0.05, 0) is 37.5 Å². The lowest BCUT2D eigenvalue weighted by Gasteiger charge is -2.08. The van der Waals surface area contributed by atoms with Crippen LogP contribution in [0.5, 0.6) is 5.75 Å². The van der Waals surface area contributed by atoms with Gasteiger partial charge < -0.3 is 15.0 Å². The van der Waals surface area contributed by atoms with E-state index in [2.05, 4.69) is 10.1 Å². The Morgan fingerprint density at radius 2 is 2.24 bits per heavy atom. The van der Waals surface area contributed by atoms with Gasteiger partial charge in [0, 0.05) is 12.5 Å². The summed E-state index contributed by atoms with van der Waals surface area (Å²) >= 11 is 0. The Morgan fingerprint density at radius 3 is 2.90 bits per heavy atom. The summed E-state index contributed by atoms with van der Waals surface area (Å²) in [6.07, 6.45) is 2.29. The average Bonchev–Trinajstić information content (AvgIpc) is 2.85. The number of rotatable bonds is 7. The molecule has 0 aliphatic rings. The Labute approximate surface area is 123 Å². The molecule has 0 aliphatic carbocycles. The van der Waals surface area contributed by atoms with Crippen LogP contribution in [0.1, 0.15) is 37.5 Å². The molecule has 0 spiro atoms. The minimum absolute atomic E-state index is 0.00696. The highest BCUT2D eigenvalue weighted by atomic mass is 19.1. The zero-order valence-electron chi connectivity index (χ0n) is 12.3. The van der Waals surface area contributed by atoms with Gasteiger partial charge >= 0.3 is 0 Å². The van der Waals surface area contributed by atoms with Crippen molar-refractivity contribution in [3.63, 3.8) is 0 Å². The van der Waals surface area contributed by atoms with Crippen LogP contribution in [0.15, 0.2) is 22.7 Å². The smallest absolute Gasteiger partial charge is 0.226 e. The lowest BCUT2D eigenvalue weighted by atomic mass is 10.1. The van der Waals surface area contributed by atoms with Crippen molar-refractivity contribution >= 4 is 0 Å². The van der Waals surface area contributed by atoms with Gasteiger partial charge in [-0.2, -0.15) is 4.98 Å². The number of aromatic nitrogens is 2. The molecule has 0 aliphatic heterocycles. The second-order valence-corrected chi connectivity index (χ2v) is 5.09. The van der Waals surface area contributed by atoms with E-state index < -0.39 is 5.82 Å². The summed E-state index contributed by atoms with van der Waals surface area (Å²) in [7, 11) is 0. The molecular formula is C15H20FN3O2. The largest absolute Gasteiger partial charge is 0.482 e. The Bertz CT molecular complexity index is 584. The molecule has 0 fully saturated rings. The highest BCUT2D eigenvalue weighted by Gasteiger charge is 2.09. The van der Waals surface area contributed by atoms with Gasteiger partial charge in [-0.3, -0.25) is 0 Å². The summed E-state index contributed by atoms with van der Waals surface area (Å²) in [5, 5.41) is 3.79. The highest BCUT2D eigenvalue weighted by molar-refractivity contribution is 5.29. The first kappa shape index (κ1) is 15.4. The Balaban J connectivity index is 1.96. The first-order chi connectivity index (χ1) is 10.1. The van der Waals surface area contributed by atoms with Gasteiger partial charge in [-0.25, -0.2) is 4.39 Å². The predicted octanol–water partition coefficient (Wildman–Crippen LogP) is 2.63. The maximum Gasteiger partial charge on any atom is 0.226 e. The van der Waals surface area contributed by atoms with E-state index in [9.17, 15) is 4.39 Å². The van der Waals surface area contributed by atoms with E-state index in [4.69, 9.17) is 15.0 Å². The Kier molecular flexibility index (Phi) is 5.27. The van der Waals surface area contributed by atoms with E-state index in [-0.39, 0.29) is 18.4 Å². The molecule has 1 atom stereocenters. The summed E-state index contributed by atoms with van der Waals surface area (Å²) in [6.45, 7) is 3.99. The SMILES string of the molecule is CCCc1nc(COc2ccc(CC(C)N)cc2F)no1. The normalized spacial score (nSPS) is 12.4. The third-order valence-electron chi connectivity index (χ3n) is 2.88. The van der Waals surface area contributed by atoms with Crippen LogP contribution in [0.2, 0.25) is 0 Å². The van der Waals surface area contributed by atoms with E-state index in [0.29, 0.717) is 18.1 Å². The average molecular weight is 293 g/mol. The van der Waals surface area contributed by atoms with Gasteiger partial charge in [0.2, 0.25) is 11.7 Å². The molecule has 2 rings (SSSR count). The molecular weight excluding hydrogens is 273 g/mol. The van der Waals surface area contributed by atoms with Crippen LogP contribution < -0.4 is 10.5 Å². The van der Waals surface area contributed by atoms with E-state index >= 15 is 0 Å². The molecule has 21 heavy (non-hydrogen) atoms. The van der Waals surface area contributed by atoms with Crippen molar-refractivity contribution in [2.45, 2.75) is 45.8 Å². The van der Waals surface area contributed by atoms with Crippen molar-refractivity contribution in [3.8, 4) is 5.75 Å². The van der Waals surface area contributed by atoms with E-state index in [0.717, 1.165) is 18.4 Å². The van der Waals surface area contributed by atoms with Crippen LogP contribution in [0.4, 0.5) is 4.39 Å². The fourth-order valence-corrected chi connectivity index (χ4v) is 1.97. The zero-order chi connectivity index (χ0) is 15.2. The molecule has 6 heteroatoms. The Hall–Kier alpha value is -1.95. The number of hydrogen-bond donors (Lipinski definition) is 1. The van der Waals surface area contributed by atoms with Crippen molar-refractivity contribution in [1.82, 2.24) is 10.1 Å². The third-order valence-corrected chi connectivity index (χ3v) is 2.88. The van der Waals surface area contributed by atoms with Gasteiger partial charge in [0.15, 0.2) is 18.2 Å². The Morgan fingerprint density at radius 1 is 1.43 bits per heavy atom. The quantitative estimate of drug-likeness (QED) is 0.849. The lowest BCUT2D eigenvalue weighted by Crippen LogP contribution is -2.17. The maximum absolute atomic E-state index is 13.9. The van der Waals surface area contributed by atoms with Gasteiger partial charge in [0.1, 0.15) is 0 Å². The van der Waals surface area contributed by atoms with Crippen LogP contribution in [-0.2, 0) is 19.4 Å². The molecule has 2 N–H and O–H groups in total. The molecule has 0 radical (unpaired) electrons. The third kappa shape index (κ3) is 4.53.